The lowest BCUT2D eigenvalue weighted by atomic mass is 9.78. The van der Waals surface area contributed by atoms with Crippen molar-refractivity contribution in [2.24, 2.45) is 51.8 Å². The Morgan fingerprint density at radius 3 is 1.23 bits per heavy atom. The van der Waals surface area contributed by atoms with Gasteiger partial charge in [0.25, 0.3) is 0 Å². The van der Waals surface area contributed by atoms with E-state index < -0.39 is 0 Å². The molecule has 57 heavy (non-hydrogen) atoms. The van der Waals surface area contributed by atoms with E-state index in [4.69, 9.17) is 11.2 Å². The Kier molecular flexibility index (Phi) is 39.4. The zero-order valence-electron chi connectivity index (χ0n) is 43.0. The van der Waals surface area contributed by atoms with E-state index in [2.05, 4.69) is 103 Å². The molecule has 0 aromatic carbocycles. The quantitative estimate of drug-likeness (QED) is 0.184. The van der Waals surface area contributed by atoms with E-state index in [9.17, 15) is 0 Å². The molecule has 6 rings (SSSR count). The van der Waals surface area contributed by atoms with E-state index >= 15 is 0 Å². The van der Waals surface area contributed by atoms with E-state index in [-0.39, 0.29) is 5.41 Å². The lowest BCUT2D eigenvalue weighted by molar-refractivity contribution is 0.185. The van der Waals surface area contributed by atoms with Crippen molar-refractivity contribution in [3.8, 4) is 12.3 Å². The summed E-state index contributed by atoms with van der Waals surface area (Å²) in [4.78, 5) is 0. The van der Waals surface area contributed by atoms with Crippen molar-refractivity contribution >= 4 is 0 Å². The Labute approximate surface area is 364 Å². The molecule has 0 spiro atoms. The molecular formula is C56H112O. The van der Waals surface area contributed by atoms with Crippen LogP contribution in [0.15, 0.2) is 12.2 Å². The first-order valence-corrected chi connectivity index (χ1v) is 25.4. The minimum atomic E-state index is 0.0694. The highest BCUT2D eigenvalue weighted by atomic mass is 16.5. The first-order chi connectivity index (χ1) is 26.7. The van der Waals surface area contributed by atoms with Gasteiger partial charge in [-0.15, -0.1) is 18.9 Å². The first kappa shape index (κ1) is 60.6. The van der Waals surface area contributed by atoms with Crippen LogP contribution in [0.2, 0.25) is 0 Å². The molecule has 1 aliphatic heterocycles. The van der Waals surface area contributed by atoms with Crippen LogP contribution in [0.1, 0.15) is 272 Å². The third-order valence-electron chi connectivity index (χ3n) is 12.9. The Morgan fingerprint density at radius 1 is 0.667 bits per heavy atom. The van der Waals surface area contributed by atoms with Crippen LogP contribution in [0, 0.1) is 64.1 Å². The van der Waals surface area contributed by atoms with E-state index in [1.54, 1.807) is 0 Å². The van der Waals surface area contributed by atoms with Gasteiger partial charge in [-0.1, -0.05) is 198 Å². The highest BCUT2D eigenvalue weighted by Crippen LogP contribution is 2.40. The largest absolute Gasteiger partial charge is 0.381 e. The second-order valence-corrected chi connectivity index (χ2v) is 21.8. The minimum Gasteiger partial charge on any atom is -0.381 e. The van der Waals surface area contributed by atoms with Crippen LogP contribution < -0.4 is 0 Å². The van der Waals surface area contributed by atoms with Gasteiger partial charge in [-0.2, -0.15) is 0 Å². The molecule has 1 saturated heterocycles. The Balaban J connectivity index is -0.000000580. The second kappa shape index (κ2) is 37.1. The van der Waals surface area contributed by atoms with E-state index in [1.165, 1.54) is 153 Å². The topological polar surface area (TPSA) is 9.23 Å². The molecule has 1 heteroatoms. The number of allylic oxidation sites excluding steroid dienone is 1. The third-order valence-corrected chi connectivity index (χ3v) is 12.9. The van der Waals surface area contributed by atoms with Gasteiger partial charge >= 0.3 is 0 Å². The highest BCUT2D eigenvalue weighted by molar-refractivity contribution is 4.97. The maximum atomic E-state index is 5.15. The van der Waals surface area contributed by atoms with Crippen LogP contribution >= 0.6 is 0 Å². The maximum Gasteiger partial charge on any atom is 0.0495 e. The summed E-state index contributed by atoms with van der Waals surface area (Å²) in [6.45, 7) is 43.2. The van der Waals surface area contributed by atoms with Crippen molar-refractivity contribution in [2.75, 3.05) is 13.2 Å². The molecule has 1 heterocycles. The van der Waals surface area contributed by atoms with Crippen molar-refractivity contribution in [3.63, 3.8) is 0 Å². The van der Waals surface area contributed by atoms with E-state index in [0.29, 0.717) is 5.41 Å². The summed E-state index contributed by atoms with van der Waals surface area (Å²) in [5.74, 6) is 8.67. The lowest BCUT2D eigenvalue weighted by Crippen LogP contribution is -2.14. The van der Waals surface area contributed by atoms with Crippen LogP contribution in [0.25, 0.3) is 0 Å². The summed E-state index contributed by atoms with van der Waals surface area (Å²) in [6, 6.07) is 0. The van der Waals surface area contributed by atoms with Crippen LogP contribution in [0.5, 0.6) is 0 Å². The first-order valence-electron chi connectivity index (χ1n) is 25.4. The second-order valence-electron chi connectivity index (χ2n) is 21.8. The van der Waals surface area contributed by atoms with E-state index in [1.807, 2.05) is 27.7 Å². The average Bonchev–Trinajstić information content (AvgIpc) is 4.03. The van der Waals surface area contributed by atoms with Gasteiger partial charge < -0.3 is 4.74 Å². The molecule has 0 aromatic heterocycles. The molecule has 5 saturated carbocycles. The molecule has 5 aliphatic carbocycles. The fourth-order valence-electron chi connectivity index (χ4n) is 6.94. The SMILES string of the molecule is C#CC(C)(C)C.C=C(C)CC.CC(C)C.CC1(C)CCCCC1.CCC(C)C1CC1.CCC1(C)CCCC1.CCC1CC1.CCC1CCCC1.CCC1CCOC1. The zero-order valence-corrected chi connectivity index (χ0v) is 43.0. The van der Waals surface area contributed by atoms with Gasteiger partial charge in [-0.05, 0) is 125 Å². The third kappa shape index (κ3) is 46.2. The molecule has 1 nitrogen and oxygen atoms in total. The summed E-state index contributed by atoms with van der Waals surface area (Å²) >= 11 is 0. The van der Waals surface area contributed by atoms with Crippen LogP contribution in [-0.4, -0.2) is 13.2 Å². The molecular weight excluding hydrogens is 689 g/mol. The van der Waals surface area contributed by atoms with Crippen molar-refractivity contribution in [1.82, 2.24) is 0 Å². The number of hydrogen-bond donors (Lipinski definition) is 0. The van der Waals surface area contributed by atoms with Crippen LogP contribution in [0.4, 0.5) is 0 Å². The molecule has 0 N–H and O–H groups in total. The number of hydrogen-bond acceptors (Lipinski definition) is 1. The summed E-state index contributed by atoms with van der Waals surface area (Å²) in [7, 11) is 0. The Morgan fingerprint density at radius 2 is 1.07 bits per heavy atom. The average molecular weight is 802 g/mol. The van der Waals surface area contributed by atoms with Crippen LogP contribution in [0.3, 0.4) is 0 Å². The van der Waals surface area contributed by atoms with Crippen molar-refractivity contribution < 1.29 is 4.74 Å². The normalized spacial score (nSPS) is 21.8. The van der Waals surface area contributed by atoms with Gasteiger partial charge in [0.2, 0.25) is 0 Å². The van der Waals surface area contributed by atoms with Crippen molar-refractivity contribution in [2.45, 2.75) is 272 Å². The van der Waals surface area contributed by atoms with Gasteiger partial charge in [0.05, 0.1) is 0 Å². The number of ether oxygens (including phenoxy) is 1. The lowest BCUT2D eigenvalue weighted by Gasteiger charge is -2.28. The molecule has 0 aromatic rings. The number of rotatable bonds is 7. The summed E-state index contributed by atoms with van der Waals surface area (Å²) in [5, 5.41) is 0. The Hall–Kier alpha value is -0.740. The fourth-order valence-corrected chi connectivity index (χ4v) is 6.94. The molecule has 0 amide bonds. The molecule has 2 unspecified atom stereocenters. The minimum absolute atomic E-state index is 0.0694. The molecule has 0 bridgehead atoms. The van der Waals surface area contributed by atoms with Crippen molar-refractivity contribution in [3.05, 3.63) is 12.2 Å². The highest BCUT2D eigenvalue weighted by Gasteiger charge is 2.26. The van der Waals surface area contributed by atoms with Crippen LogP contribution in [-0.2, 0) is 4.74 Å². The predicted octanol–water partition coefficient (Wildman–Crippen LogP) is 19.5. The monoisotopic (exact) mass is 801 g/mol. The molecule has 6 fully saturated rings. The summed E-state index contributed by atoms with van der Waals surface area (Å²) in [6.07, 6.45) is 39.6. The predicted molar refractivity (Wildman–Crippen MR) is 264 cm³/mol. The molecule has 0 radical (unpaired) electrons. The van der Waals surface area contributed by atoms with Gasteiger partial charge in [0.15, 0.2) is 0 Å². The maximum absolute atomic E-state index is 5.15. The number of terminal acetylenes is 1. The standard InChI is InChI=1S/2C8H16.2C7H14.C6H12O.C6H10.2C5H10.C4H10/c1-8(2)6-4-3-5-7-8;1-3-8(2)6-4-5-7-8;1-3-6(2)7-4-5-7;1-2-7-5-3-4-6-7;1-2-6-3-4-7-5-6;1-5-6(2,3)4;1-2-5-3-4-5;1-4-5(2)3;1-4(2)3/h2*3-7H2,1-2H3;6-7H,3-5H2,1-2H3;7H,2-6H2,1H3;6H,2-5H2,1H3;1H,2-4H3;5H,2-4H2,1H3;2,4H2,1,3H3;4H,1-3H3. The summed E-state index contributed by atoms with van der Waals surface area (Å²) in [5.41, 5.74) is 2.74. The van der Waals surface area contributed by atoms with Gasteiger partial charge in [0.1, 0.15) is 0 Å². The van der Waals surface area contributed by atoms with E-state index in [0.717, 1.165) is 60.6 Å². The summed E-state index contributed by atoms with van der Waals surface area (Å²) < 4.78 is 5.15. The zero-order chi connectivity index (χ0) is 44.3. The molecule has 6 aliphatic rings. The smallest absolute Gasteiger partial charge is 0.0495 e. The fraction of sp³-hybridized carbons (Fsp3) is 0.929. The molecule has 342 valence electrons. The molecule has 2 atom stereocenters. The van der Waals surface area contributed by atoms with Gasteiger partial charge in [-0.3, -0.25) is 0 Å². The van der Waals surface area contributed by atoms with Crippen molar-refractivity contribution in [1.29, 1.82) is 0 Å². The Bertz CT molecular complexity index is 855. The van der Waals surface area contributed by atoms with Gasteiger partial charge in [0, 0.05) is 18.6 Å². The van der Waals surface area contributed by atoms with Gasteiger partial charge in [-0.25, -0.2) is 0 Å².